The van der Waals surface area contributed by atoms with Crippen LogP contribution in [0.2, 0.25) is 0 Å². The second kappa shape index (κ2) is 3.86. The minimum Gasteiger partial charge on any atom is -0.324 e. The molecule has 1 aliphatic rings. The van der Waals surface area contributed by atoms with E-state index < -0.39 is 5.54 Å². The van der Waals surface area contributed by atoms with E-state index in [1.165, 1.54) is 0 Å². The molecule has 1 aromatic carbocycles. The zero-order valence-corrected chi connectivity index (χ0v) is 11.0. The number of aryl methyl sites for hydroxylation is 2. The van der Waals surface area contributed by atoms with Crippen LogP contribution in [-0.4, -0.2) is 11.4 Å². The summed E-state index contributed by atoms with van der Waals surface area (Å²) in [4.78, 5) is 11.8. The molecule has 0 saturated heterocycles. The summed E-state index contributed by atoms with van der Waals surface area (Å²) >= 11 is 3.49. The summed E-state index contributed by atoms with van der Waals surface area (Å²) in [7, 11) is 0. The number of carbonyl (C=O) groups is 1. The van der Waals surface area contributed by atoms with Crippen LogP contribution in [0.15, 0.2) is 16.6 Å². The maximum absolute atomic E-state index is 11.8. The maximum atomic E-state index is 11.8. The van der Waals surface area contributed by atoms with Crippen LogP contribution < -0.4 is 11.1 Å². The fourth-order valence-corrected chi connectivity index (χ4v) is 1.86. The standard InChI is InChI=1S/C12H15BrN2O/c1-7-5-9(6-8(2)10(7)13)15-11(16)12(14)3-4-12/h5-6H,3-4,14H2,1-2H3,(H,15,16). The van der Waals surface area contributed by atoms with Crippen molar-refractivity contribution in [3.63, 3.8) is 0 Å². The largest absolute Gasteiger partial charge is 0.324 e. The number of halogens is 1. The van der Waals surface area contributed by atoms with Crippen LogP contribution in [0.4, 0.5) is 5.69 Å². The van der Waals surface area contributed by atoms with E-state index >= 15 is 0 Å². The molecule has 2 rings (SSSR count). The van der Waals surface area contributed by atoms with Crippen molar-refractivity contribution in [2.24, 2.45) is 5.73 Å². The molecule has 1 aromatic rings. The first-order valence-corrected chi connectivity index (χ1v) is 6.09. The predicted octanol–water partition coefficient (Wildman–Crippen LogP) is 2.50. The van der Waals surface area contributed by atoms with Gasteiger partial charge in [0, 0.05) is 10.2 Å². The third-order valence-corrected chi connectivity index (χ3v) is 4.19. The molecular weight excluding hydrogens is 268 g/mol. The van der Waals surface area contributed by atoms with E-state index in [0.29, 0.717) is 0 Å². The van der Waals surface area contributed by atoms with E-state index in [-0.39, 0.29) is 5.91 Å². The Hall–Kier alpha value is -0.870. The molecule has 0 heterocycles. The highest BCUT2D eigenvalue weighted by atomic mass is 79.9. The summed E-state index contributed by atoms with van der Waals surface area (Å²) in [5.74, 6) is -0.0753. The van der Waals surface area contributed by atoms with Gasteiger partial charge in [-0.25, -0.2) is 0 Å². The summed E-state index contributed by atoms with van der Waals surface area (Å²) < 4.78 is 1.08. The van der Waals surface area contributed by atoms with Gasteiger partial charge in [0.15, 0.2) is 0 Å². The van der Waals surface area contributed by atoms with E-state index in [1.54, 1.807) is 0 Å². The van der Waals surface area contributed by atoms with Gasteiger partial charge < -0.3 is 11.1 Å². The van der Waals surface area contributed by atoms with Gasteiger partial charge in [0.1, 0.15) is 0 Å². The Morgan fingerprint density at radius 2 is 1.88 bits per heavy atom. The minimum atomic E-state index is -0.616. The lowest BCUT2D eigenvalue weighted by Gasteiger charge is -2.12. The van der Waals surface area contributed by atoms with Crippen molar-refractivity contribution in [1.82, 2.24) is 0 Å². The summed E-state index contributed by atoms with van der Waals surface area (Å²) in [6.07, 6.45) is 1.57. The number of amides is 1. The Balaban J connectivity index is 2.19. The van der Waals surface area contributed by atoms with Crippen LogP contribution in [0.25, 0.3) is 0 Å². The van der Waals surface area contributed by atoms with Gasteiger partial charge in [-0.2, -0.15) is 0 Å². The highest BCUT2D eigenvalue weighted by Crippen LogP contribution is 2.34. The fourth-order valence-electron chi connectivity index (χ4n) is 1.64. The highest BCUT2D eigenvalue weighted by molar-refractivity contribution is 9.10. The number of benzene rings is 1. The van der Waals surface area contributed by atoms with Gasteiger partial charge in [0.05, 0.1) is 5.54 Å². The lowest BCUT2D eigenvalue weighted by Crippen LogP contribution is -2.37. The van der Waals surface area contributed by atoms with E-state index in [1.807, 2.05) is 26.0 Å². The molecule has 16 heavy (non-hydrogen) atoms. The van der Waals surface area contributed by atoms with Crippen molar-refractivity contribution in [3.05, 3.63) is 27.7 Å². The average Bonchev–Trinajstić information content (AvgIpc) is 2.94. The van der Waals surface area contributed by atoms with Crippen molar-refractivity contribution >= 4 is 27.5 Å². The number of nitrogens with two attached hydrogens (primary N) is 1. The molecule has 0 radical (unpaired) electrons. The Morgan fingerprint density at radius 1 is 1.38 bits per heavy atom. The first-order chi connectivity index (χ1) is 7.42. The zero-order valence-electron chi connectivity index (χ0n) is 9.43. The molecule has 3 N–H and O–H groups in total. The molecule has 0 atom stereocenters. The van der Waals surface area contributed by atoms with E-state index in [9.17, 15) is 4.79 Å². The van der Waals surface area contributed by atoms with Crippen molar-refractivity contribution in [3.8, 4) is 0 Å². The Morgan fingerprint density at radius 3 is 2.31 bits per heavy atom. The number of rotatable bonds is 2. The van der Waals surface area contributed by atoms with Gasteiger partial charge in [0.2, 0.25) is 5.91 Å². The number of hydrogen-bond acceptors (Lipinski definition) is 2. The van der Waals surface area contributed by atoms with Crippen LogP contribution in [0, 0.1) is 13.8 Å². The minimum absolute atomic E-state index is 0.0753. The molecule has 86 valence electrons. The first kappa shape index (κ1) is 11.6. The molecule has 0 unspecified atom stereocenters. The summed E-state index contributed by atoms with van der Waals surface area (Å²) in [6.45, 7) is 4.00. The molecule has 0 spiro atoms. The monoisotopic (exact) mass is 282 g/mol. The van der Waals surface area contributed by atoms with Gasteiger partial charge in [-0.1, -0.05) is 15.9 Å². The summed E-state index contributed by atoms with van der Waals surface area (Å²) in [5.41, 5.74) is 8.24. The smallest absolute Gasteiger partial charge is 0.244 e. The maximum Gasteiger partial charge on any atom is 0.244 e. The molecule has 1 saturated carbocycles. The van der Waals surface area contributed by atoms with Crippen LogP contribution in [0.3, 0.4) is 0 Å². The topological polar surface area (TPSA) is 55.1 Å². The molecule has 4 heteroatoms. The number of nitrogens with one attached hydrogen (secondary N) is 1. The van der Waals surface area contributed by atoms with Gasteiger partial charge in [0.25, 0.3) is 0 Å². The van der Waals surface area contributed by atoms with Gasteiger partial charge in [-0.15, -0.1) is 0 Å². The van der Waals surface area contributed by atoms with Crippen molar-refractivity contribution in [2.75, 3.05) is 5.32 Å². The highest BCUT2D eigenvalue weighted by Gasteiger charge is 2.45. The second-order valence-corrected chi connectivity index (χ2v) is 5.33. The quantitative estimate of drug-likeness (QED) is 0.876. The van der Waals surface area contributed by atoms with Crippen molar-refractivity contribution < 1.29 is 4.79 Å². The molecule has 0 aliphatic heterocycles. The number of anilines is 1. The third-order valence-electron chi connectivity index (χ3n) is 2.94. The predicted molar refractivity (Wildman–Crippen MR) is 68.4 cm³/mol. The number of carbonyl (C=O) groups excluding carboxylic acids is 1. The van der Waals surface area contributed by atoms with Crippen LogP contribution in [0.1, 0.15) is 24.0 Å². The second-order valence-electron chi connectivity index (χ2n) is 4.53. The molecule has 1 amide bonds. The zero-order chi connectivity index (χ0) is 11.9. The average molecular weight is 283 g/mol. The van der Waals surface area contributed by atoms with Crippen LogP contribution >= 0.6 is 15.9 Å². The summed E-state index contributed by atoms with van der Waals surface area (Å²) in [6, 6.07) is 3.89. The molecule has 1 fully saturated rings. The fraction of sp³-hybridized carbons (Fsp3) is 0.417. The number of hydrogen-bond donors (Lipinski definition) is 2. The molecular formula is C12H15BrN2O. The molecule has 3 nitrogen and oxygen atoms in total. The Kier molecular flexibility index (Phi) is 2.80. The SMILES string of the molecule is Cc1cc(NC(=O)C2(N)CC2)cc(C)c1Br. The van der Waals surface area contributed by atoms with Gasteiger partial charge >= 0.3 is 0 Å². The van der Waals surface area contributed by atoms with E-state index in [2.05, 4.69) is 21.2 Å². The Bertz CT molecular complexity index is 429. The van der Waals surface area contributed by atoms with Crippen LogP contribution in [0.5, 0.6) is 0 Å². The Labute approximate surface area is 104 Å². The van der Waals surface area contributed by atoms with Crippen molar-refractivity contribution in [2.45, 2.75) is 32.2 Å². The lowest BCUT2D eigenvalue weighted by atomic mass is 10.1. The van der Waals surface area contributed by atoms with Crippen LogP contribution in [-0.2, 0) is 4.79 Å². The molecule has 0 bridgehead atoms. The lowest BCUT2D eigenvalue weighted by molar-refractivity contribution is -0.118. The van der Waals surface area contributed by atoms with Crippen molar-refractivity contribution in [1.29, 1.82) is 0 Å². The third kappa shape index (κ3) is 2.13. The summed E-state index contributed by atoms with van der Waals surface area (Å²) in [5, 5.41) is 2.87. The van der Waals surface area contributed by atoms with Gasteiger partial charge in [-0.05, 0) is 49.9 Å². The molecule has 1 aliphatic carbocycles. The van der Waals surface area contributed by atoms with E-state index in [0.717, 1.165) is 34.1 Å². The molecule has 0 aromatic heterocycles. The normalized spacial score (nSPS) is 17.0. The van der Waals surface area contributed by atoms with E-state index in [4.69, 9.17) is 5.73 Å². The van der Waals surface area contributed by atoms with Gasteiger partial charge in [-0.3, -0.25) is 4.79 Å². The first-order valence-electron chi connectivity index (χ1n) is 5.29.